The molecule has 0 saturated carbocycles. The third-order valence-electron chi connectivity index (χ3n) is 14.3. The molecule has 0 aliphatic heterocycles. The summed E-state index contributed by atoms with van der Waals surface area (Å²) in [6, 6.07) is -0.886. The molecule has 0 aliphatic rings. The lowest BCUT2D eigenvalue weighted by atomic mass is 10.0. The second-order valence-corrected chi connectivity index (χ2v) is 24.2. The van der Waals surface area contributed by atoms with Gasteiger partial charge in [-0.1, -0.05) is 288 Å². The van der Waals surface area contributed by atoms with Gasteiger partial charge >= 0.3 is 0 Å². The summed E-state index contributed by atoms with van der Waals surface area (Å²) in [4.78, 5) is 25.6. The number of phosphoric acid groups is 1. The van der Waals surface area contributed by atoms with Crippen LogP contribution >= 0.6 is 7.82 Å². The molecule has 8 nitrogen and oxygen atoms in total. The van der Waals surface area contributed by atoms with Crippen molar-refractivity contribution in [3.05, 3.63) is 36.5 Å². The molecule has 0 aromatic carbocycles. The van der Waals surface area contributed by atoms with Crippen molar-refractivity contribution in [2.45, 2.75) is 321 Å². The normalized spacial score (nSPS) is 14.0. The zero-order chi connectivity index (χ0) is 52.7. The molecule has 0 radical (unpaired) electrons. The van der Waals surface area contributed by atoms with Gasteiger partial charge in [0, 0.05) is 6.42 Å². The molecule has 0 heterocycles. The van der Waals surface area contributed by atoms with E-state index in [4.69, 9.17) is 9.05 Å². The fraction of sp³-hybridized carbons (Fsp3) is 0.889. The quantitative estimate of drug-likeness (QED) is 0.0272. The van der Waals surface area contributed by atoms with Crippen molar-refractivity contribution in [3.8, 4) is 0 Å². The first-order chi connectivity index (χ1) is 35.0. The highest BCUT2D eigenvalue weighted by atomic mass is 31.2. The van der Waals surface area contributed by atoms with Gasteiger partial charge in [0.05, 0.1) is 39.9 Å². The molecule has 3 unspecified atom stereocenters. The molecule has 0 rings (SSSR count). The predicted octanol–water partition coefficient (Wildman–Crippen LogP) is 18.7. The van der Waals surface area contributed by atoms with Crippen molar-refractivity contribution < 1.29 is 32.9 Å². The maximum atomic E-state index is 13.0. The second kappa shape index (κ2) is 54.5. The number of nitrogens with one attached hydrogen (secondary N) is 1. The molecule has 0 fully saturated rings. The van der Waals surface area contributed by atoms with Crippen LogP contribution in [0.1, 0.15) is 309 Å². The Morgan fingerprint density at radius 2 is 0.806 bits per heavy atom. The van der Waals surface area contributed by atoms with Gasteiger partial charge in [-0.3, -0.25) is 9.36 Å². The Labute approximate surface area is 448 Å². The van der Waals surface area contributed by atoms with Crippen molar-refractivity contribution in [1.29, 1.82) is 0 Å². The van der Waals surface area contributed by atoms with Crippen molar-refractivity contribution >= 4 is 13.7 Å². The fourth-order valence-corrected chi connectivity index (χ4v) is 10.1. The molecule has 426 valence electrons. The molecule has 0 saturated heterocycles. The first kappa shape index (κ1) is 70.7. The Bertz CT molecular complexity index is 1270. The monoisotopic (exact) mass is 1030 g/mol. The Hall–Kier alpha value is -1.28. The molecule has 72 heavy (non-hydrogen) atoms. The number of amides is 1. The van der Waals surface area contributed by atoms with E-state index in [9.17, 15) is 19.4 Å². The number of quaternary nitrogens is 1. The summed E-state index contributed by atoms with van der Waals surface area (Å²) in [6.07, 6.45) is 70.9. The van der Waals surface area contributed by atoms with Gasteiger partial charge in [0.15, 0.2) is 0 Å². The Morgan fingerprint density at radius 3 is 1.15 bits per heavy atom. The number of carbonyl (C=O) groups excluding carboxylic acids is 1. The summed E-state index contributed by atoms with van der Waals surface area (Å²) in [5.74, 6) is -0.192. The Balaban J connectivity index is 4.11. The van der Waals surface area contributed by atoms with Crippen LogP contribution in [0.5, 0.6) is 0 Å². The average molecular weight is 1040 g/mol. The van der Waals surface area contributed by atoms with E-state index in [1.54, 1.807) is 6.08 Å². The first-order valence-electron chi connectivity index (χ1n) is 31.4. The van der Waals surface area contributed by atoms with E-state index in [2.05, 4.69) is 43.5 Å². The first-order valence-corrected chi connectivity index (χ1v) is 32.8. The van der Waals surface area contributed by atoms with Crippen LogP contribution in [0.4, 0.5) is 0 Å². The third-order valence-corrected chi connectivity index (χ3v) is 15.3. The van der Waals surface area contributed by atoms with Crippen LogP contribution in [0.25, 0.3) is 0 Å². The summed E-state index contributed by atoms with van der Waals surface area (Å²) in [6.45, 7) is 4.68. The number of aliphatic hydroxyl groups excluding tert-OH is 1. The zero-order valence-corrected chi connectivity index (χ0v) is 49.5. The summed E-state index contributed by atoms with van der Waals surface area (Å²) in [5, 5.41) is 13.9. The number of allylic oxidation sites excluding steroid dienone is 5. The van der Waals surface area contributed by atoms with Gasteiger partial charge in [0.2, 0.25) is 5.91 Å². The number of hydrogen-bond donors (Lipinski definition) is 2. The summed E-state index contributed by atoms with van der Waals surface area (Å²) < 4.78 is 23.4. The fourth-order valence-electron chi connectivity index (χ4n) is 9.42. The van der Waals surface area contributed by atoms with Gasteiger partial charge in [-0.15, -0.1) is 0 Å². The van der Waals surface area contributed by atoms with Crippen LogP contribution in [0.3, 0.4) is 0 Å². The van der Waals surface area contributed by atoms with E-state index in [1.165, 1.54) is 244 Å². The van der Waals surface area contributed by atoms with Crippen molar-refractivity contribution in [2.24, 2.45) is 0 Å². The van der Waals surface area contributed by atoms with E-state index in [1.807, 2.05) is 27.2 Å². The Morgan fingerprint density at radius 1 is 0.486 bits per heavy atom. The number of carbonyl (C=O) groups is 1. The molecule has 2 N–H and O–H groups in total. The lowest BCUT2D eigenvalue weighted by Crippen LogP contribution is -2.45. The van der Waals surface area contributed by atoms with Gasteiger partial charge in [0.25, 0.3) is 7.82 Å². The standard InChI is InChI=1S/C63H123N2O6P/c1-6-8-10-12-14-16-18-20-22-24-26-28-29-30-31-32-33-34-35-37-39-41-43-45-47-49-51-53-55-57-63(67)64-61(60-71-72(68,69)70-59-58-65(3,4)5)62(66)56-54-52-50-48-46-44-42-40-38-36-27-25-23-21-19-17-15-13-11-9-7-2/h18,20,24,26,54,56,61-62,66H,6-17,19,21-23,25,27-53,55,57-60H2,1-5H3,(H-,64,67,68,69)/b20-18-,26-24-,56-54+. The highest BCUT2D eigenvalue weighted by Crippen LogP contribution is 2.38. The smallest absolute Gasteiger partial charge is 0.268 e. The molecular weight excluding hydrogens is 912 g/mol. The van der Waals surface area contributed by atoms with Crippen LogP contribution in [0.15, 0.2) is 36.5 Å². The van der Waals surface area contributed by atoms with Gasteiger partial charge in [-0.2, -0.15) is 0 Å². The highest BCUT2D eigenvalue weighted by Gasteiger charge is 2.23. The van der Waals surface area contributed by atoms with Gasteiger partial charge < -0.3 is 28.8 Å². The molecule has 0 aliphatic carbocycles. The molecule has 1 amide bonds. The average Bonchev–Trinajstić information content (AvgIpc) is 3.34. The van der Waals surface area contributed by atoms with Gasteiger partial charge in [-0.05, 0) is 51.4 Å². The van der Waals surface area contributed by atoms with E-state index in [0.29, 0.717) is 17.4 Å². The lowest BCUT2D eigenvalue weighted by molar-refractivity contribution is -0.870. The van der Waals surface area contributed by atoms with Crippen molar-refractivity contribution in [2.75, 3.05) is 40.9 Å². The maximum absolute atomic E-state index is 13.0. The number of phosphoric ester groups is 1. The zero-order valence-electron chi connectivity index (χ0n) is 48.6. The molecule has 0 aromatic rings. The number of nitrogens with zero attached hydrogens (tertiary/aromatic N) is 1. The molecular formula is C63H123N2O6P. The SMILES string of the molecule is CCCCCCC/C=C\C/C=C\CCCCCCCCCCCCCCCCCCCC(=O)NC(COP(=O)([O-])OCC[N+](C)(C)C)C(O)/C=C/CCCCCCCCCCCCCCCCCCCCC. The van der Waals surface area contributed by atoms with Crippen LogP contribution in [0, 0.1) is 0 Å². The minimum Gasteiger partial charge on any atom is -0.756 e. The minimum absolute atomic E-state index is 0.000605. The topological polar surface area (TPSA) is 108 Å². The molecule has 0 bridgehead atoms. The Kier molecular flexibility index (Phi) is 53.5. The van der Waals surface area contributed by atoms with Crippen LogP contribution in [-0.2, 0) is 18.4 Å². The predicted molar refractivity (Wildman–Crippen MR) is 311 cm³/mol. The molecule has 0 spiro atoms. The van der Waals surface area contributed by atoms with Crippen LogP contribution < -0.4 is 10.2 Å². The largest absolute Gasteiger partial charge is 0.756 e. The minimum atomic E-state index is -4.60. The van der Waals surface area contributed by atoms with Gasteiger partial charge in [0.1, 0.15) is 13.2 Å². The van der Waals surface area contributed by atoms with E-state index in [-0.39, 0.29) is 19.1 Å². The van der Waals surface area contributed by atoms with E-state index < -0.39 is 20.0 Å². The molecule has 9 heteroatoms. The number of hydrogen-bond acceptors (Lipinski definition) is 6. The third kappa shape index (κ3) is 56.4. The summed E-state index contributed by atoms with van der Waals surface area (Å²) in [5.41, 5.74) is 0. The number of unbranched alkanes of at least 4 members (excludes halogenated alkanes) is 41. The highest BCUT2D eigenvalue weighted by molar-refractivity contribution is 7.45. The number of rotatable bonds is 58. The lowest BCUT2D eigenvalue weighted by Gasteiger charge is -2.29. The summed E-state index contributed by atoms with van der Waals surface area (Å²) in [7, 11) is 1.27. The van der Waals surface area contributed by atoms with Crippen molar-refractivity contribution in [1.82, 2.24) is 5.32 Å². The molecule has 3 atom stereocenters. The van der Waals surface area contributed by atoms with E-state index >= 15 is 0 Å². The second-order valence-electron chi connectivity index (χ2n) is 22.8. The summed E-state index contributed by atoms with van der Waals surface area (Å²) >= 11 is 0. The van der Waals surface area contributed by atoms with Crippen LogP contribution in [0.2, 0.25) is 0 Å². The number of likely N-dealkylation sites (N-methyl/N-ethyl adjacent to an activating group) is 1. The van der Waals surface area contributed by atoms with Crippen LogP contribution in [-0.4, -0.2) is 68.5 Å². The van der Waals surface area contributed by atoms with Gasteiger partial charge in [-0.25, -0.2) is 0 Å². The van der Waals surface area contributed by atoms with E-state index in [0.717, 1.165) is 44.9 Å². The molecule has 0 aromatic heterocycles. The maximum Gasteiger partial charge on any atom is 0.268 e. The number of aliphatic hydroxyl groups is 1. The van der Waals surface area contributed by atoms with Crippen molar-refractivity contribution in [3.63, 3.8) is 0 Å².